The van der Waals surface area contributed by atoms with Crippen molar-refractivity contribution in [3.8, 4) is 5.75 Å². The molecule has 3 heteroatoms. The van der Waals surface area contributed by atoms with Gasteiger partial charge in [0.1, 0.15) is 11.3 Å². The van der Waals surface area contributed by atoms with Crippen LogP contribution in [0.1, 0.15) is 16.1 Å². The van der Waals surface area contributed by atoms with Crippen molar-refractivity contribution < 1.29 is 13.9 Å². The van der Waals surface area contributed by atoms with Crippen LogP contribution < -0.4 is 4.74 Å². The Kier molecular flexibility index (Phi) is 3.56. The third kappa shape index (κ3) is 2.87. The minimum atomic E-state index is -0.158. The molecule has 0 fully saturated rings. The van der Waals surface area contributed by atoms with E-state index in [2.05, 4.69) is 0 Å². The van der Waals surface area contributed by atoms with E-state index >= 15 is 0 Å². The molecule has 1 aromatic heterocycles. The molecule has 0 spiro atoms. The first-order valence-corrected chi connectivity index (χ1v) is 6.61. The number of carbonyl (C=O) groups is 1. The molecule has 3 aromatic rings. The molecule has 3 nitrogen and oxygen atoms in total. The number of allylic oxidation sites excluding steroid dienone is 1. The van der Waals surface area contributed by atoms with E-state index in [0.717, 1.165) is 22.3 Å². The van der Waals surface area contributed by atoms with E-state index in [-0.39, 0.29) is 5.78 Å². The van der Waals surface area contributed by atoms with Gasteiger partial charge in [0.05, 0.1) is 7.11 Å². The van der Waals surface area contributed by atoms with Crippen LogP contribution in [0.25, 0.3) is 17.0 Å². The Hall–Kier alpha value is -2.81. The largest absolute Gasteiger partial charge is 0.497 e. The minimum absolute atomic E-state index is 0.158. The molecule has 104 valence electrons. The molecule has 21 heavy (non-hydrogen) atoms. The van der Waals surface area contributed by atoms with Gasteiger partial charge in [-0.1, -0.05) is 36.4 Å². The number of hydrogen-bond acceptors (Lipinski definition) is 3. The highest BCUT2D eigenvalue weighted by atomic mass is 16.5. The first kappa shape index (κ1) is 13.2. The topological polar surface area (TPSA) is 39.4 Å². The van der Waals surface area contributed by atoms with Gasteiger partial charge in [-0.2, -0.15) is 0 Å². The Bertz CT molecular complexity index is 779. The van der Waals surface area contributed by atoms with Crippen molar-refractivity contribution in [2.75, 3.05) is 7.11 Å². The summed E-state index contributed by atoms with van der Waals surface area (Å²) in [6.07, 6.45) is 3.25. The second-order valence-electron chi connectivity index (χ2n) is 4.62. The molecule has 3 rings (SSSR count). The Morgan fingerprint density at radius 3 is 2.76 bits per heavy atom. The molecule has 0 atom stereocenters. The van der Waals surface area contributed by atoms with Gasteiger partial charge < -0.3 is 9.15 Å². The number of rotatable bonds is 4. The summed E-state index contributed by atoms with van der Waals surface area (Å²) in [5.41, 5.74) is 1.62. The second kappa shape index (κ2) is 5.67. The standard InChI is InChI=1S/C18H14O3/c1-20-15-7-4-5-13(11-15)9-10-16(19)18-12-14-6-2-3-8-17(14)21-18/h2-12H,1H3/b10-9+. The summed E-state index contributed by atoms with van der Waals surface area (Å²) in [4.78, 5) is 12.1. The number of para-hydroxylation sites is 1. The highest BCUT2D eigenvalue weighted by Gasteiger charge is 2.08. The highest BCUT2D eigenvalue weighted by Crippen LogP contribution is 2.20. The first-order valence-electron chi connectivity index (χ1n) is 6.61. The van der Waals surface area contributed by atoms with Crippen molar-refractivity contribution in [3.63, 3.8) is 0 Å². The van der Waals surface area contributed by atoms with Crippen LogP contribution in [0.4, 0.5) is 0 Å². The average molecular weight is 278 g/mol. The van der Waals surface area contributed by atoms with Gasteiger partial charge in [-0.3, -0.25) is 4.79 Å². The van der Waals surface area contributed by atoms with E-state index in [0.29, 0.717) is 5.76 Å². The molecule has 0 saturated carbocycles. The van der Waals surface area contributed by atoms with Gasteiger partial charge in [0.2, 0.25) is 5.78 Å². The number of benzene rings is 2. The fourth-order valence-corrected chi connectivity index (χ4v) is 2.10. The van der Waals surface area contributed by atoms with Crippen molar-refractivity contribution in [1.29, 1.82) is 0 Å². The summed E-state index contributed by atoms with van der Waals surface area (Å²) >= 11 is 0. The number of furan rings is 1. The lowest BCUT2D eigenvalue weighted by atomic mass is 10.1. The van der Waals surface area contributed by atoms with Gasteiger partial charge in [-0.15, -0.1) is 0 Å². The Morgan fingerprint density at radius 2 is 1.95 bits per heavy atom. The fourth-order valence-electron chi connectivity index (χ4n) is 2.10. The summed E-state index contributed by atoms with van der Waals surface area (Å²) in [5.74, 6) is 0.942. The number of hydrogen-bond donors (Lipinski definition) is 0. The van der Waals surface area contributed by atoms with Crippen LogP contribution in [0.5, 0.6) is 5.75 Å². The maximum Gasteiger partial charge on any atom is 0.221 e. The predicted molar refractivity (Wildman–Crippen MR) is 82.6 cm³/mol. The van der Waals surface area contributed by atoms with E-state index in [1.54, 1.807) is 19.3 Å². The van der Waals surface area contributed by atoms with Gasteiger partial charge in [-0.05, 0) is 35.9 Å². The molecule has 0 amide bonds. The van der Waals surface area contributed by atoms with Crippen LogP contribution in [0, 0.1) is 0 Å². The zero-order chi connectivity index (χ0) is 14.7. The van der Waals surface area contributed by atoms with E-state index in [9.17, 15) is 4.79 Å². The molecular weight excluding hydrogens is 264 g/mol. The third-order valence-electron chi connectivity index (χ3n) is 3.19. The van der Waals surface area contributed by atoms with Crippen LogP contribution in [-0.4, -0.2) is 12.9 Å². The normalized spacial score (nSPS) is 11.1. The van der Waals surface area contributed by atoms with Crippen molar-refractivity contribution >= 4 is 22.8 Å². The molecule has 0 aliphatic heterocycles. The summed E-state index contributed by atoms with van der Waals surface area (Å²) in [7, 11) is 1.61. The van der Waals surface area contributed by atoms with E-state index in [1.165, 1.54) is 6.08 Å². The summed E-state index contributed by atoms with van der Waals surface area (Å²) in [6.45, 7) is 0. The van der Waals surface area contributed by atoms with Crippen LogP contribution in [0.3, 0.4) is 0 Å². The second-order valence-corrected chi connectivity index (χ2v) is 4.62. The first-order chi connectivity index (χ1) is 10.3. The fraction of sp³-hybridized carbons (Fsp3) is 0.0556. The van der Waals surface area contributed by atoms with Crippen molar-refractivity contribution in [3.05, 3.63) is 72.0 Å². The quantitative estimate of drug-likeness (QED) is 0.526. The number of methoxy groups -OCH3 is 1. The average Bonchev–Trinajstić information content (AvgIpc) is 2.97. The van der Waals surface area contributed by atoms with Crippen molar-refractivity contribution in [1.82, 2.24) is 0 Å². The smallest absolute Gasteiger partial charge is 0.221 e. The third-order valence-corrected chi connectivity index (χ3v) is 3.19. The highest BCUT2D eigenvalue weighted by molar-refractivity contribution is 6.06. The number of ether oxygens (including phenoxy) is 1. The van der Waals surface area contributed by atoms with E-state index in [1.807, 2.05) is 48.5 Å². The molecule has 0 aliphatic carbocycles. The molecule has 1 heterocycles. The summed E-state index contributed by atoms with van der Waals surface area (Å²) < 4.78 is 10.7. The monoisotopic (exact) mass is 278 g/mol. The predicted octanol–water partition coefficient (Wildman–Crippen LogP) is 4.34. The molecule has 2 aromatic carbocycles. The Balaban J connectivity index is 1.83. The lowest BCUT2D eigenvalue weighted by molar-refractivity contribution is 0.102. The minimum Gasteiger partial charge on any atom is -0.497 e. The number of fused-ring (bicyclic) bond motifs is 1. The molecule has 0 N–H and O–H groups in total. The van der Waals surface area contributed by atoms with Gasteiger partial charge in [-0.25, -0.2) is 0 Å². The SMILES string of the molecule is COc1cccc(/C=C/C(=O)c2cc3ccccc3o2)c1. The molecule has 0 unspecified atom stereocenters. The maximum atomic E-state index is 12.1. The van der Waals surface area contributed by atoms with Crippen LogP contribution >= 0.6 is 0 Å². The molecular formula is C18H14O3. The molecule has 0 radical (unpaired) electrons. The number of ketones is 1. The van der Waals surface area contributed by atoms with Crippen molar-refractivity contribution in [2.24, 2.45) is 0 Å². The molecule has 0 aliphatic rings. The Labute approximate surface area is 122 Å². The van der Waals surface area contributed by atoms with Crippen LogP contribution in [-0.2, 0) is 0 Å². The summed E-state index contributed by atoms with van der Waals surface area (Å²) in [6, 6.07) is 16.8. The van der Waals surface area contributed by atoms with Crippen LogP contribution in [0.15, 0.2) is 65.1 Å². The van der Waals surface area contributed by atoms with Crippen LogP contribution in [0.2, 0.25) is 0 Å². The van der Waals surface area contributed by atoms with Crippen molar-refractivity contribution in [2.45, 2.75) is 0 Å². The molecule has 0 bridgehead atoms. The zero-order valence-electron chi connectivity index (χ0n) is 11.6. The van der Waals surface area contributed by atoms with Gasteiger partial charge in [0.15, 0.2) is 5.76 Å². The van der Waals surface area contributed by atoms with E-state index in [4.69, 9.17) is 9.15 Å². The number of carbonyl (C=O) groups excluding carboxylic acids is 1. The van der Waals surface area contributed by atoms with Gasteiger partial charge in [0, 0.05) is 5.39 Å². The molecule has 0 saturated heterocycles. The van der Waals surface area contributed by atoms with Gasteiger partial charge >= 0.3 is 0 Å². The van der Waals surface area contributed by atoms with Gasteiger partial charge in [0.25, 0.3) is 0 Å². The Morgan fingerprint density at radius 1 is 1.10 bits per heavy atom. The summed E-state index contributed by atoms with van der Waals surface area (Å²) in [5, 5.41) is 0.927. The van der Waals surface area contributed by atoms with E-state index < -0.39 is 0 Å². The zero-order valence-corrected chi connectivity index (χ0v) is 11.6. The lowest BCUT2D eigenvalue weighted by Gasteiger charge is -1.99. The maximum absolute atomic E-state index is 12.1. The lowest BCUT2D eigenvalue weighted by Crippen LogP contribution is -1.90.